The normalized spacial score (nSPS) is 13.1. The van der Waals surface area contributed by atoms with Crippen molar-refractivity contribution < 1.29 is 0 Å². The Labute approximate surface area is 109 Å². The molecule has 0 nitrogen and oxygen atoms in total. The highest BCUT2D eigenvalue weighted by atomic mass is 79.9. The Morgan fingerprint density at radius 2 is 1.54 bits per heavy atom. The van der Waals surface area contributed by atoms with E-state index >= 15 is 0 Å². The highest BCUT2D eigenvalue weighted by Gasteiger charge is 2.16. The van der Waals surface area contributed by atoms with Crippen molar-refractivity contribution in [3.63, 3.8) is 0 Å². The molecule has 0 N–H and O–H groups in total. The minimum atomic E-state index is -0.438. The fourth-order valence-electron chi connectivity index (χ4n) is 0.750. The highest BCUT2D eigenvalue weighted by Crippen LogP contribution is 2.43. The van der Waals surface area contributed by atoms with Crippen molar-refractivity contribution >= 4 is 73.9 Å². The average Bonchev–Trinajstić information content (AvgIpc) is 2.07. The Hall–Kier alpha value is 1.15. The van der Waals surface area contributed by atoms with Crippen molar-refractivity contribution in [1.29, 1.82) is 0 Å². The third kappa shape index (κ3) is 2.58. The summed E-state index contributed by atoms with van der Waals surface area (Å²) in [6.45, 7) is 0. The molecule has 0 spiro atoms. The maximum atomic E-state index is 5.88. The molecule has 1 atom stereocenters. The van der Waals surface area contributed by atoms with Crippen LogP contribution in [0.5, 0.6) is 0 Å². The molecule has 0 aliphatic heterocycles. The fraction of sp³-hybridized carbons (Fsp3) is 0.143. The molecule has 0 bridgehead atoms. The first-order chi connectivity index (χ1) is 5.95. The third-order valence-electron chi connectivity index (χ3n) is 1.37. The van der Waals surface area contributed by atoms with E-state index in [-0.39, 0.29) is 10.0 Å². The molecule has 0 saturated heterocycles. The molecule has 1 aromatic carbocycles. The molecule has 0 fully saturated rings. The molecular formula is C7H2BrCl5. The van der Waals surface area contributed by atoms with Gasteiger partial charge in [0.25, 0.3) is 0 Å². The van der Waals surface area contributed by atoms with Gasteiger partial charge in [-0.25, -0.2) is 0 Å². The van der Waals surface area contributed by atoms with E-state index in [2.05, 4.69) is 15.9 Å². The summed E-state index contributed by atoms with van der Waals surface area (Å²) in [4.78, 5) is 0. The summed E-state index contributed by atoms with van der Waals surface area (Å²) < 4.78 is -0.438. The third-order valence-corrected chi connectivity index (χ3v) is 3.86. The van der Waals surface area contributed by atoms with Crippen LogP contribution in [-0.2, 0) is 0 Å². The van der Waals surface area contributed by atoms with E-state index in [1.165, 1.54) is 0 Å². The van der Waals surface area contributed by atoms with Crippen LogP contribution >= 0.6 is 73.9 Å². The molecule has 1 unspecified atom stereocenters. The van der Waals surface area contributed by atoms with E-state index in [1.54, 1.807) is 6.07 Å². The second-order valence-electron chi connectivity index (χ2n) is 2.19. The summed E-state index contributed by atoms with van der Waals surface area (Å²) in [6.07, 6.45) is 0. The van der Waals surface area contributed by atoms with E-state index in [4.69, 9.17) is 58.0 Å². The molecule has 0 aliphatic carbocycles. The van der Waals surface area contributed by atoms with Gasteiger partial charge in [-0.1, -0.05) is 62.3 Å². The molecule has 6 heteroatoms. The Bertz CT molecular complexity index is 336. The van der Waals surface area contributed by atoms with E-state index in [0.717, 1.165) is 0 Å². The SMILES string of the molecule is Clc1cc(C(Cl)Br)c(Cl)c(Cl)c1Cl. The lowest BCUT2D eigenvalue weighted by Gasteiger charge is -2.09. The second-order valence-corrected chi connectivity index (χ2v) is 5.61. The van der Waals surface area contributed by atoms with Crippen LogP contribution in [0.3, 0.4) is 0 Å². The van der Waals surface area contributed by atoms with E-state index < -0.39 is 4.29 Å². The van der Waals surface area contributed by atoms with Crippen molar-refractivity contribution in [1.82, 2.24) is 0 Å². The van der Waals surface area contributed by atoms with Crippen molar-refractivity contribution in [2.24, 2.45) is 0 Å². The van der Waals surface area contributed by atoms with Crippen molar-refractivity contribution in [3.8, 4) is 0 Å². The van der Waals surface area contributed by atoms with Gasteiger partial charge in [-0.15, -0.1) is 11.6 Å². The summed E-state index contributed by atoms with van der Waals surface area (Å²) in [5.74, 6) is 0. The maximum Gasteiger partial charge on any atom is 0.115 e. The van der Waals surface area contributed by atoms with Crippen LogP contribution in [0.15, 0.2) is 6.07 Å². The van der Waals surface area contributed by atoms with Crippen molar-refractivity contribution in [2.75, 3.05) is 0 Å². The summed E-state index contributed by atoms with van der Waals surface area (Å²) in [7, 11) is 0. The molecule has 0 heterocycles. The highest BCUT2D eigenvalue weighted by molar-refractivity contribution is 9.09. The predicted molar refractivity (Wildman–Crippen MR) is 64.0 cm³/mol. The molecule has 0 aliphatic rings. The van der Waals surface area contributed by atoms with E-state index in [0.29, 0.717) is 15.6 Å². The summed E-state index contributed by atoms with van der Waals surface area (Å²) in [5, 5.41) is 1.10. The van der Waals surface area contributed by atoms with Gasteiger partial charge in [-0.3, -0.25) is 0 Å². The second kappa shape index (κ2) is 4.78. The zero-order chi connectivity index (χ0) is 10.2. The van der Waals surface area contributed by atoms with Gasteiger partial charge in [0.15, 0.2) is 0 Å². The van der Waals surface area contributed by atoms with Crippen molar-refractivity contribution in [2.45, 2.75) is 4.29 Å². The molecule has 1 rings (SSSR count). The van der Waals surface area contributed by atoms with Crippen LogP contribution < -0.4 is 0 Å². The molecule has 0 radical (unpaired) electrons. The van der Waals surface area contributed by atoms with Crippen LogP contribution in [-0.4, -0.2) is 0 Å². The van der Waals surface area contributed by atoms with Crippen LogP contribution in [0.2, 0.25) is 20.1 Å². The smallest absolute Gasteiger partial charge is 0.105 e. The maximum absolute atomic E-state index is 5.88. The monoisotopic (exact) mass is 340 g/mol. The van der Waals surface area contributed by atoms with Gasteiger partial charge in [-0.05, 0) is 6.07 Å². The van der Waals surface area contributed by atoms with Gasteiger partial charge in [-0.2, -0.15) is 0 Å². The molecule has 0 amide bonds. The topological polar surface area (TPSA) is 0 Å². The van der Waals surface area contributed by atoms with Crippen LogP contribution in [0.4, 0.5) is 0 Å². The largest absolute Gasteiger partial charge is 0.115 e. The minimum absolute atomic E-state index is 0.218. The first-order valence-electron chi connectivity index (χ1n) is 3.06. The molecular weight excluding hydrogens is 341 g/mol. The average molecular weight is 343 g/mol. The van der Waals surface area contributed by atoms with Crippen LogP contribution in [0.25, 0.3) is 0 Å². The standard InChI is InChI=1S/C7H2BrCl5/c8-7(13)2-1-3(9)5(11)6(12)4(2)10/h1,7H. The number of hydrogen-bond acceptors (Lipinski definition) is 0. The lowest BCUT2D eigenvalue weighted by Crippen LogP contribution is -1.86. The number of halogens is 6. The molecule has 72 valence electrons. The number of hydrogen-bond donors (Lipinski definition) is 0. The Kier molecular flexibility index (Phi) is 4.49. The fourth-order valence-corrected chi connectivity index (χ4v) is 2.40. The van der Waals surface area contributed by atoms with Crippen LogP contribution in [0.1, 0.15) is 9.85 Å². The summed E-state index contributed by atoms with van der Waals surface area (Å²) in [6, 6.07) is 1.57. The van der Waals surface area contributed by atoms with Crippen LogP contribution in [0, 0.1) is 0 Å². The lowest BCUT2D eigenvalue weighted by molar-refractivity contribution is 1.39. The zero-order valence-corrected chi connectivity index (χ0v) is 11.3. The van der Waals surface area contributed by atoms with E-state index in [9.17, 15) is 0 Å². The zero-order valence-electron chi connectivity index (χ0n) is 5.92. The number of alkyl halides is 2. The predicted octanol–water partition coefficient (Wildman–Crippen LogP) is 5.93. The molecule has 13 heavy (non-hydrogen) atoms. The Morgan fingerprint density at radius 3 is 2.00 bits per heavy atom. The summed E-state index contributed by atoms with van der Waals surface area (Å²) in [5.41, 5.74) is 0.600. The molecule has 0 saturated carbocycles. The van der Waals surface area contributed by atoms with Gasteiger partial charge >= 0.3 is 0 Å². The molecule has 0 aromatic heterocycles. The first kappa shape index (κ1) is 12.2. The number of rotatable bonds is 1. The van der Waals surface area contributed by atoms with Crippen molar-refractivity contribution in [3.05, 3.63) is 31.7 Å². The van der Waals surface area contributed by atoms with Gasteiger partial charge < -0.3 is 0 Å². The Morgan fingerprint density at radius 1 is 1.00 bits per heavy atom. The van der Waals surface area contributed by atoms with Gasteiger partial charge in [0, 0.05) is 5.56 Å². The van der Waals surface area contributed by atoms with E-state index in [1.807, 2.05) is 0 Å². The minimum Gasteiger partial charge on any atom is -0.105 e. The van der Waals surface area contributed by atoms with Gasteiger partial charge in [0.1, 0.15) is 4.29 Å². The lowest BCUT2D eigenvalue weighted by atomic mass is 10.2. The number of benzene rings is 1. The molecule has 1 aromatic rings. The van der Waals surface area contributed by atoms with Gasteiger partial charge in [0.05, 0.1) is 20.1 Å². The quantitative estimate of drug-likeness (QED) is 0.337. The van der Waals surface area contributed by atoms with Gasteiger partial charge in [0.2, 0.25) is 0 Å². The first-order valence-corrected chi connectivity index (χ1v) is 5.92. The Balaban J connectivity index is 3.41. The summed E-state index contributed by atoms with van der Waals surface area (Å²) >= 11 is 32.1.